The molecule has 0 saturated carbocycles. The molecule has 0 spiro atoms. The number of hydrogen-bond donors (Lipinski definition) is 3. The summed E-state index contributed by atoms with van der Waals surface area (Å²) in [6.07, 6.45) is -1.57. The molecule has 0 aromatic heterocycles. The van der Waals surface area contributed by atoms with E-state index in [1.54, 1.807) is 0 Å². The van der Waals surface area contributed by atoms with Gasteiger partial charge < -0.3 is 32.4 Å². The van der Waals surface area contributed by atoms with E-state index in [4.69, 9.17) is 27.3 Å². The van der Waals surface area contributed by atoms with E-state index in [-0.39, 0.29) is 6.61 Å². The molecule has 0 aromatic carbocycles. The summed E-state index contributed by atoms with van der Waals surface area (Å²) in [6, 6.07) is 0.471. The van der Waals surface area contributed by atoms with Gasteiger partial charge in [-0.15, -0.1) is 0 Å². The van der Waals surface area contributed by atoms with E-state index in [0.29, 0.717) is 12.5 Å². The Hall–Kier alpha value is -0.882. The third-order valence-corrected chi connectivity index (χ3v) is 17.5. The van der Waals surface area contributed by atoms with Crippen LogP contribution in [0.2, 0.25) is 65.0 Å². The molecule has 0 bridgehead atoms. The first-order chi connectivity index (χ1) is 14.1. The highest BCUT2D eigenvalue weighted by molar-refractivity contribution is 6.89. The molecule has 0 rings (SSSR count). The third-order valence-electron chi connectivity index (χ3n) is 3.95. The van der Waals surface area contributed by atoms with Gasteiger partial charge in [0.2, 0.25) is 0 Å². The van der Waals surface area contributed by atoms with Gasteiger partial charge in [0, 0.05) is 6.61 Å². The van der Waals surface area contributed by atoms with Gasteiger partial charge in [-0.3, -0.25) is 9.59 Å². The fourth-order valence-electron chi connectivity index (χ4n) is 3.58. The van der Waals surface area contributed by atoms with E-state index >= 15 is 0 Å². The van der Waals surface area contributed by atoms with Crippen molar-refractivity contribution in [2.45, 2.75) is 89.8 Å². The van der Waals surface area contributed by atoms with Crippen LogP contribution in [-0.4, -0.2) is 79.2 Å². The molecule has 32 heavy (non-hydrogen) atoms. The summed E-state index contributed by atoms with van der Waals surface area (Å²) in [5.74, 6) is -4.52. The third kappa shape index (κ3) is 13.0. The van der Waals surface area contributed by atoms with Gasteiger partial charge in [-0.25, -0.2) is 4.79 Å². The summed E-state index contributed by atoms with van der Waals surface area (Å²) in [5.41, 5.74) is -2.33. The number of carboxylic acids is 3. The summed E-state index contributed by atoms with van der Waals surface area (Å²) in [5, 5.41) is 27.6. The van der Waals surface area contributed by atoms with Gasteiger partial charge >= 0.3 is 35.0 Å². The van der Waals surface area contributed by atoms with Crippen molar-refractivity contribution >= 4 is 51.7 Å². The summed E-state index contributed by atoms with van der Waals surface area (Å²) < 4.78 is 24.7. The molecular formula is C18H40O10Si4. The molecule has 0 heterocycles. The fourth-order valence-corrected chi connectivity index (χ4v) is 21.5. The second-order valence-corrected chi connectivity index (χ2v) is 26.9. The highest BCUT2D eigenvalue weighted by Gasteiger charge is 2.46. The number of hydrogen-bond acceptors (Lipinski definition) is 7. The van der Waals surface area contributed by atoms with Gasteiger partial charge in [0.15, 0.2) is 22.2 Å². The lowest BCUT2D eigenvalue weighted by Gasteiger charge is -2.41. The maximum absolute atomic E-state index is 11.7. The molecule has 0 fully saturated rings. The van der Waals surface area contributed by atoms with Gasteiger partial charge in [0.1, 0.15) is 0 Å². The molecule has 0 aliphatic rings. The molecule has 0 saturated heterocycles. The largest absolute Gasteiger partial charge is 0.481 e. The Kier molecular flexibility index (Phi) is 11.2. The van der Waals surface area contributed by atoms with Crippen LogP contribution in [-0.2, 0) is 31.5 Å². The molecule has 14 heteroatoms. The van der Waals surface area contributed by atoms with Crippen LogP contribution in [0.4, 0.5) is 0 Å². The average molecular weight is 529 g/mol. The van der Waals surface area contributed by atoms with Gasteiger partial charge in [-0.2, -0.15) is 0 Å². The number of carboxylic acid groups (broad SMARTS) is 3. The van der Waals surface area contributed by atoms with Crippen molar-refractivity contribution in [3.05, 3.63) is 0 Å². The van der Waals surface area contributed by atoms with Crippen LogP contribution < -0.4 is 0 Å². The SMILES string of the molecule is C[Si](C)(C)O[Si](C)(C)O[Si](C)(CCCOC(CC(=O)O)(CC(=O)O)C(=O)O)O[Si](C)(C)C. The Labute approximate surface area is 195 Å². The molecule has 0 aliphatic carbocycles. The molecule has 0 amide bonds. The number of aliphatic carboxylic acids is 3. The molecule has 188 valence electrons. The van der Waals surface area contributed by atoms with Crippen LogP contribution >= 0.6 is 0 Å². The topological polar surface area (TPSA) is 149 Å². The fraction of sp³-hybridized carbons (Fsp3) is 0.833. The van der Waals surface area contributed by atoms with Crippen LogP contribution in [0.5, 0.6) is 0 Å². The Morgan fingerprint density at radius 1 is 0.719 bits per heavy atom. The van der Waals surface area contributed by atoms with Crippen molar-refractivity contribution in [1.29, 1.82) is 0 Å². The lowest BCUT2D eigenvalue weighted by atomic mass is 9.95. The second kappa shape index (κ2) is 11.5. The van der Waals surface area contributed by atoms with Crippen molar-refractivity contribution in [3.8, 4) is 0 Å². The summed E-state index contributed by atoms with van der Waals surface area (Å²) in [7, 11) is -9.08. The number of rotatable bonds is 16. The van der Waals surface area contributed by atoms with Crippen molar-refractivity contribution in [2.75, 3.05) is 6.61 Å². The lowest BCUT2D eigenvalue weighted by molar-refractivity contribution is -0.178. The summed E-state index contributed by atoms with van der Waals surface area (Å²) in [4.78, 5) is 34.0. The van der Waals surface area contributed by atoms with Crippen molar-refractivity contribution in [3.63, 3.8) is 0 Å². The molecular weight excluding hydrogens is 489 g/mol. The summed E-state index contributed by atoms with van der Waals surface area (Å²) in [6.45, 7) is 18.2. The predicted octanol–water partition coefficient (Wildman–Crippen LogP) is 3.66. The van der Waals surface area contributed by atoms with Crippen LogP contribution in [0.25, 0.3) is 0 Å². The normalized spacial score (nSPS) is 15.3. The quantitative estimate of drug-likeness (QED) is 0.200. The Bertz CT molecular complexity index is 656. The highest BCUT2D eigenvalue weighted by Crippen LogP contribution is 2.29. The zero-order valence-electron chi connectivity index (χ0n) is 20.7. The van der Waals surface area contributed by atoms with Crippen LogP contribution in [0.3, 0.4) is 0 Å². The smallest absolute Gasteiger partial charge is 0.337 e. The first-order valence-corrected chi connectivity index (χ1v) is 22.7. The molecule has 1 unspecified atom stereocenters. The van der Waals surface area contributed by atoms with E-state index in [0.717, 1.165) is 0 Å². The van der Waals surface area contributed by atoms with Crippen molar-refractivity contribution in [1.82, 2.24) is 0 Å². The first-order valence-electron chi connectivity index (χ1n) is 10.5. The van der Waals surface area contributed by atoms with Crippen LogP contribution in [0.15, 0.2) is 0 Å². The van der Waals surface area contributed by atoms with Gasteiger partial charge in [-0.05, 0) is 71.4 Å². The van der Waals surface area contributed by atoms with Gasteiger partial charge in [0.05, 0.1) is 12.8 Å². The van der Waals surface area contributed by atoms with Gasteiger partial charge in [0.25, 0.3) is 0 Å². The van der Waals surface area contributed by atoms with Crippen LogP contribution in [0.1, 0.15) is 19.3 Å². The minimum Gasteiger partial charge on any atom is -0.481 e. The molecule has 0 aliphatic heterocycles. The first kappa shape index (κ1) is 31.1. The average Bonchev–Trinajstić information content (AvgIpc) is 2.44. The minimum absolute atomic E-state index is 0.134. The zero-order chi connectivity index (χ0) is 25.6. The van der Waals surface area contributed by atoms with E-state index < -0.39 is 70.1 Å². The number of ether oxygens (including phenoxy) is 1. The van der Waals surface area contributed by atoms with Gasteiger partial charge in [-0.1, -0.05) is 0 Å². The molecule has 3 N–H and O–H groups in total. The Balaban J connectivity index is 5.45. The standard InChI is InChI=1S/C18H40O10Si4/c1-29(2,3)26-31(7,8)28-32(9,27-30(4,5)6)12-10-11-25-18(17(23)24,13-15(19)20)14-16(21)22/h10-14H2,1-9H3,(H,19,20)(H,21,22)(H,23,24). The van der Waals surface area contributed by atoms with E-state index in [1.165, 1.54) is 0 Å². The maximum atomic E-state index is 11.7. The Morgan fingerprint density at radius 2 is 1.16 bits per heavy atom. The summed E-state index contributed by atoms with van der Waals surface area (Å²) >= 11 is 0. The number of carbonyl (C=O) groups is 3. The predicted molar refractivity (Wildman–Crippen MR) is 129 cm³/mol. The molecule has 0 radical (unpaired) electrons. The van der Waals surface area contributed by atoms with Crippen molar-refractivity contribution in [2.24, 2.45) is 0 Å². The monoisotopic (exact) mass is 528 g/mol. The zero-order valence-corrected chi connectivity index (χ0v) is 24.7. The maximum Gasteiger partial charge on any atom is 0.337 e. The second-order valence-electron chi connectivity index (χ2n) is 10.5. The van der Waals surface area contributed by atoms with E-state index in [2.05, 4.69) is 39.3 Å². The molecule has 0 aromatic rings. The highest BCUT2D eigenvalue weighted by atomic mass is 28.5. The Morgan fingerprint density at radius 3 is 1.50 bits per heavy atom. The van der Waals surface area contributed by atoms with E-state index in [9.17, 15) is 19.5 Å². The minimum atomic E-state index is -2.75. The molecule has 1 atom stereocenters. The lowest BCUT2D eigenvalue weighted by Crippen LogP contribution is -2.56. The van der Waals surface area contributed by atoms with Crippen molar-refractivity contribution < 1.29 is 46.8 Å². The molecule has 10 nitrogen and oxygen atoms in total. The van der Waals surface area contributed by atoms with E-state index in [1.807, 2.05) is 19.6 Å². The van der Waals surface area contributed by atoms with Crippen LogP contribution in [0, 0.1) is 0 Å².